The van der Waals surface area contributed by atoms with E-state index in [1.807, 2.05) is 19.2 Å². The number of aryl methyl sites for hydroxylation is 1. The molecule has 0 aromatic carbocycles. The molecule has 1 aliphatic heterocycles. The van der Waals surface area contributed by atoms with Crippen molar-refractivity contribution in [3.05, 3.63) is 41.3 Å². The van der Waals surface area contributed by atoms with Crippen LogP contribution in [0.3, 0.4) is 0 Å². The molecule has 0 N–H and O–H groups in total. The molecule has 1 saturated heterocycles. The second-order valence-electron chi connectivity index (χ2n) is 5.59. The van der Waals surface area contributed by atoms with Gasteiger partial charge in [0.2, 0.25) is 0 Å². The van der Waals surface area contributed by atoms with Crippen LogP contribution in [0.2, 0.25) is 0 Å². The van der Waals surface area contributed by atoms with Gasteiger partial charge in [-0.25, -0.2) is 13.1 Å². The SMILES string of the molecule is Cc1ccc(S(=O)(=O)N2CC(n3cc(Cn4nccn4)nn3)C2)s1. The highest BCUT2D eigenvalue weighted by Gasteiger charge is 2.39. The van der Waals surface area contributed by atoms with E-state index >= 15 is 0 Å². The normalized spacial score (nSPS) is 16.4. The number of thiophene rings is 1. The van der Waals surface area contributed by atoms with Gasteiger partial charge in [0.25, 0.3) is 10.0 Å². The summed E-state index contributed by atoms with van der Waals surface area (Å²) in [6.07, 6.45) is 5.02. The van der Waals surface area contributed by atoms with Crippen molar-refractivity contribution in [3.8, 4) is 0 Å². The maximum absolute atomic E-state index is 12.5. The van der Waals surface area contributed by atoms with E-state index in [1.165, 1.54) is 20.4 Å². The van der Waals surface area contributed by atoms with Crippen LogP contribution in [0.1, 0.15) is 16.6 Å². The van der Waals surface area contributed by atoms with Crippen LogP contribution in [0, 0.1) is 6.92 Å². The molecule has 126 valence electrons. The maximum atomic E-state index is 12.5. The van der Waals surface area contributed by atoms with Crippen LogP contribution < -0.4 is 0 Å². The summed E-state index contributed by atoms with van der Waals surface area (Å²) >= 11 is 1.29. The van der Waals surface area contributed by atoms with Gasteiger partial charge in [-0.1, -0.05) is 5.21 Å². The van der Waals surface area contributed by atoms with Crippen LogP contribution in [0.5, 0.6) is 0 Å². The van der Waals surface area contributed by atoms with E-state index in [9.17, 15) is 8.42 Å². The predicted octanol–water partition coefficient (Wildman–Crippen LogP) is 0.533. The second kappa shape index (κ2) is 5.76. The summed E-state index contributed by atoms with van der Waals surface area (Å²) in [6, 6.07) is 3.49. The van der Waals surface area contributed by atoms with Gasteiger partial charge in [0, 0.05) is 18.0 Å². The largest absolute Gasteiger partial charge is 0.252 e. The maximum Gasteiger partial charge on any atom is 0.252 e. The first-order valence-corrected chi connectivity index (χ1v) is 9.59. The minimum atomic E-state index is -3.39. The highest BCUT2D eigenvalue weighted by Crippen LogP contribution is 2.31. The van der Waals surface area contributed by atoms with Crippen LogP contribution in [0.25, 0.3) is 0 Å². The van der Waals surface area contributed by atoms with E-state index in [-0.39, 0.29) is 6.04 Å². The van der Waals surface area contributed by atoms with E-state index in [1.54, 1.807) is 23.1 Å². The average molecular weight is 365 g/mol. The van der Waals surface area contributed by atoms with Crippen molar-refractivity contribution in [1.82, 2.24) is 34.3 Å². The van der Waals surface area contributed by atoms with Crippen LogP contribution in [-0.4, -0.2) is 55.8 Å². The lowest BCUT2D eigenvalue weighted by Gasteiger charge is -2.37. The summed E-state index contributed by atoms with van der Waals surface area (Å²) in [5.74, 6) is 0. The molecule has 0 atom stereocenters. The third-order valence-corrected chi connectivity index (χ3v) is 7.14. The summed E-state index contributed by atoms with van der Waals surface area (Å²) in [5.41, 5.74) is 0.737. The van der Waals surface area contributed by atoms with Gasteiger partial charge >= 0.3 is 0 Å². The van der Waals surface area contributed by atoms with Gasteiger partial charge in [-0.05, 0) is 19.1 Å². The Morgan fingerprint density at radius 3 is 2.67 bits per heavy atom. The zero-order valence-corrected chi connectivity index (χ0v) is 14.5. The Morgan fingerprint density at radius 1 is 1.25 bits per heavy atom. The molecule has 24 heavy (non-hydrogen) atoms. The van der Waals surface area contributed by atoms with Crippen molar-refractivity contribution in [3.63, 3.8) is 0 Å². The van der Waals surface area contributed by atoms with Gasteiger partial charge in [-0.3, -0.25) is 0 Å². The standard InChI is InChI=1S/C13H15N7O2S2/c1-10-2-3-13(23-10)24(21,22)18-8-12(9-18)19-6-11(16-17-19)7-20-14-4-5-15-20/h2-6,12H,7-9H2,1H3. The number of rotatable bonds is 5. The first kappa shape index (κ1) is 15.4. The molecule has 4 rings (SSSR count). The molecule has 3 aromatic heterocycles. The number of hydrogen-bond acceptors (Lipinski definition) is 7. The van der Waals surface area contributed by atoms with E-state index in [4.69, 9.17) is 0 Å². The minimum absolute atomic E-state index is 0.00710. The first-order chi connectivity index (χ1) is 11.5. The summed E-state index contributed by atoms with van der Waals surface area (Å²) in [5, 5.41) is 16.2. The molecule has 11 heteroatoms. The van der Waals surface area contributed by atoms with Gasteiger partial charge in [0.15, 0.2) is 0 Å². The van der Waals surface area contributed by atoms with Crippen molar-refractivity contribution in [2.24, 2.45) is 0 Å². The Kier molecular flexibility index (Phi) is 3.70. The Labute approximate surface area is 142 Å². The van der Waals surface area contributed by atoms with E-state index < -0.39 is 10.0 Å². The van der Waals surface area contributed by atoms with Gasteiger partial charge in [-0.15, -0.1) is 16.4 Å². The van der Waals surface area contributed by atoms with Crippen molar-refractivity contribution in [1.29, 1.82) is 0 Å². The molecular formula is C13H15N7O2S2. The highest BCUT2D eigenvalue weighted by atomic mass is 32.2. The van der Waals surface area contributed by atoms with Crippen molar-refractivity contribution in [2.75, 3.05) is 13.1 Å². The topological polar surface area (TPSA) is 98.8 Å². The summed E-state index contributed by atoms with van der Waals surface area (Å²) < 4.78 is 28.6. The van der Waals surface area contributed by atoms with Gasteiger partial charge in [0.1, 0.15) is 16.4 Å². The number of nitrogens with zero attached hydrogens (tertiary/aromatic N) is 7. The quantitative estimate of drug-likeness (QED) is 0.654. The Bertz CT molecular complexity index is 939. The van der Waals surface area contributed by atoms with E-state index in [0.29, 0.717) is 23.8 Å². The molecule has 0 bridgehead atoms. The molecule has 0 spiro atoms. The first-order valence-electron chi connectivity index (χ1n) is 7.34. The summed E-state index contributed by atoms with van der Waals surface area (Å²) in [6.45, 7) is 3.15. The van der Waals surface area contributed by atoms with Crippen LogP contribution in [0.15, 0.2) is 34.9 Å². The van der Waals surface area contributed by atoms with E-state index in [0.717, 1.165) is 10.6 Å². The van der Waals surface area contributed by atoms with Crippen molar-refractivity contribution in [2.45, 2.75) is 23.7 Å². The molecule has 4 heterocycles. The lowest BCUT2D eigenvalue weighted by atomic mass is 10.2. The van der Waals surface area contributed by atoms with Gasteiger partial charge in [0.05, 0.1) is 24.6 Å². The zero-order valence-electron chi connectivity index (χ0n) is 12.8. The Balaban J connectivity index is 1.41. The number of hydrogen-bond donors (Lipinski definition) is 0. The van der Waals surface area contributed by atoms with Crippen LogP contribution in [0.4, 0.5) is 0 Å². The van der Waals surface area contributed by atoms with Crippen LogP contribution >= 0.6 is 11.3 Å². The molecule has 0 radical (unpaired) electrons. The fourth-order valence-corrected chi connectivity index (χ4v) is 5.44. The molecule has 1 aliphatic rings. The molecule has 0 unspecified atom stereocenters. The fourth-order valence-electron chi connectivity index (χ4n) is 2.49. The highest BCUT2D eigenvalue weighted by molar-refractivity contribution is 7.91. The predicted molar refractivity (Wildman–Crippen MR) is 86.0 cm³/mol. The van der Waals surface area contributed by atoms with Crippen molar-refractivity contribution < 1.29 is 8.42 Å². The van der Waals surface area contributed by atoms with Crippen LogP contribution in [-0.2, 0) is 16.6 Å². The van der Waals surface area contributed by atoms with Gasteiger partial charge < -0.3 is 0 Å². The van der Waals surface area contributed by atoms with Gasteiger partial charge in [-0.2, -0.15) is 19.3 Å². The fraction of sp³-hybridized carbons (Fsp3) is 0.385. The molecule has 0 amide bonds. The van der Waals surface area contributed by atoms with Crippen molar-refractivity contribution >= 4 is 21.4 Å². The molecular weight excluding hydrogens is 350 g/mol. The molecule has 0 saturated carbocycles. The lowest BCUT2D eigenvalue weighted by molar-refractivity contribution is 0.189. The molecule has 0 aliphatic carbocycles. The summed E-state index contributed by atoms with van der Waals surface area (Å²) in [7, 11) is -3.39. The minimum Gasteiger partial charge on any atom is -0.246 e. The smallest absolute Gasteiger partial charge is 0.246 e. The monoisotopic (exact) mass is 365 g/mol. The Morgan fingerprint density at radius 2 is 2.00 bits per heavy atom. The molecule has 3 aromatic rings. The van der Waals surface area contributed by atoms with E-state index in [2.05, 4.69) is 20.5 Å². The average Bonchev–Trinajstić information content (AvgIpc) is 3.20. The third kappa shape index (κ3) is 2.74. The second-order valence-corrected chi connectivity index (χ2v) is 9.04. The summed E-state index contributed by atoms with van der Waals surface area (Å²) in [4.78, 5) is 2.50. The molecule has 9 nitrogen and oxygen atoms in total. The number of sulfonamides is 1. The zero-order chi connectivity index (χ0) is 16.7. The third-order valence-electron chi connectivity index (χ3n) is 3.84. The lowest BCUT2D eigenvalue weighted by Crippen LogP contribution is -2.50. The number of aromatic nitrogens is 6. The molecule has 1 fully saturated rings. The Hall–Kier alpha value is -2.11.